The molecular formula is C14H12FN3O3. The summed E-state index contributed by atoms with van der Waals surface area (Å²) >= 11 is 0. The molecule has 6 nitrogen and oxygen atoms in total. The number of carbonyl (C=O) groups is 1. The SMILES string of the molecule is NC1Cc2cc(Oc3ccc(F)cn3)ccc2N(O)C1=O. The van der Waals surface area contributed by atoms with Gasteiger partial charge in [0.2, 0.25) is 5.88 Å². The number of nitrogens with two attached hydrogens (primary N) is 1. The summed E-state index contributed by atoms with van der Waals surface area (Å²) in [6.45, 7) is 0. The molecule has 1 amide bonds. The van der Waals surface area contributed by atoms with Crippen LogP contribution < -0.4 is 15.5 Å². The van der Waals surface area contributed by atoms with E-state index in [1.54, 1.807) is 18.2 Å². The van der Waals surface area contributed by atoms with E-state index < -0.39 is 17.8 Å². The zero-order valence-corrected chi connectivity index (χ0v) is 10.9. The van der Waals surface area contributed by atoms with Crippen LogP contribution in [0, 0.1) is 5.82 Å². The average molecular weight is 289 g/mol. The fourth-order valence-electron chi connectivity index (χ4n) is 2.14. The van der Waals surface area contributed by atoms with Crippen LogP contribution in [0.3, 0.4) is 0 Å². The lowest BCUT2D eigenvalue weighted by Crippen LogP contribution is -2.47. The molecule has 0 saturated carbocycles. The van der Waals surface area contributed by atoms with E-state index in [9.17, 15) is 14.4 Å². The molecule has 108 valence electrons. The van der Waals surface area contributed by atoms with Crippen LogP contribution in [0.2, 0.25) is 0 Å². The highest BCUT2D eigenvalue weighted by atomic mass is 19.1. The Bertz CT molecular complexity index is 690. The number of aromatic nitrogens is 1. The van der Waals surface area contributed by atoms with Crippen LogP contribution in [0.1, 0.15) is 5.56 Å². The minimum atomic E-state index is -0.790. The zero-order valence-electron chi connectivity index (χ0n) is 10.9. The molecule has 0 aliphatic carbocycles. The van der Waals surface area contributed by atoms with E-state index in [1.807, 2.05) is 0 Å². The van der Waals surface area contributed by atoms with Crippen LogP contribution in [-0.2, 0) is 11.2 Å². The number of benzene rings is 1. The highest BCUT2D eigenvalue weighted by Gasteiger charge is 2.29. The van der Waals surface area contributed by atoms with Crippen molar-refractivity contribution >= 4 is 11.6 Å². The lowest BCUT2D eigenvalue weighted by atomic mass is 9.99. The number of fused-ring (bicyclic) bond motifs is 1. The van der Waals surface area contributed by atoms with Crippen molar-refractivity contribution in [1.82, 2.24) is 4.98 Å². The van der Waals surface area contributed by atoms with Crippen LogP contribution in [-0.4, -0.2) is 22.1 Å². The molecule has 0 radical (unpaired) electrons. The smallest absolute Gasteiger partial charge is 0.267 e. The second kappa shape index (κ2) is 5.12. The maximum absolute atomic E-state index is 12.8. The topological polar surface area (TPSA) is 88.7 Å². The first-order valence-electron chi connectivity index (χ1n) is 6.25. The van der Waals surface area contributed by atoms with Gasteiger partial charge < -0.3 is 10.5 Å². The number of halogens is 1. The minimum absolute atomic E-state index is 0.244. The minimum Gasteiger partial charge on any atom is -0.439 e. The van der Waals surface area contributed by atoms with Gasteiger partial charge in [-0.2, -0.15) is 5.06 Å². The van der Waals surface area contributed by atoms with Crippen LogP contribution in [0.4, 0.5) is 10.1 Å². The Morgan fingerprint density at radius 3 is 2.90 bits per heavy atom. The molecule has 3 rings (SSSR count). The molecule has 1 atom stereocenters. The van der Waals surface area contributed by atoms with Crippen LogP contribution in [0.15, 0.2) is 36.5 Å². The fourth-order valence-corrected chi connectivity index (χ4v) is 2.14. The van der Waals surface area contributed by atoms with Gasteiger partial charge in [-0.05, 0) is 36.2 Å². The maximum atomic E-state index is 12.8. The molecule has 0 spiro atoms. The van der Waals surface area contributed by atoms with Crippen molar-refractivity contribution in [3.8, 4) is 11.6 Å². The first-order valence-corrected chi connectivity index (χ1v) is 6.25. The number of nitrogens with zero attached hydrogens (tertiary/aromatic N) is 2. The third-order valence-corrected chi connectivity index (χ3v) is 3.17. The van der Waals surface area contributed by atoms with Crippen molar-refractivity contribution in [3.05, 3.63) is 47.9 Å². The molecule has 7 heteroatoms. The zero-order chi connectivity index (χ0) is 15.0. The number of ether oxygens (including phenoxy) is 1. The maximum Gasteiger partial charge on any atom is 0.267 e. The summed E-state index contributed by atoms with van der Waals surface area (Å²) in [6.07, 6.45) is 1.36. The van der Waals surface area contributed by atoms with Gasteiger partial charge in [-0.1, -0.05) is 0 Å². The average Bonchev–Trinajstić information content (AvgIpc) is 2.47. The molecule has 0 fully saturated rings. The Morgan fingerprint density at radius 1 is 1.38 bits per heavy atom. The summed E-state index contributed by atoms with van der Waals surface area (Å²) in [5, 5.41) is 10.3. The second-order valence-electron chi connectivity index (χ2n) is 4.67. The van der Waals surface area contributed by atoms with Gasteiger partial charge in [0.05, 0.1) is 17.9 Å². The quantitative estimate of drug-likeness (QED) is 0.820. The van der Waals surface area contributed by atoms with Crippen molar-refractivity contribution in [1.29, 1.82) is 0 Å². The summed E-state index contributed by atoms with van der Waals surface area (Å²) in [7, 11) is 0. The third-order valence-electron chi connectivity index (χ3n) is 3.17. The van der Waals surface area contributed by atoms with E-state index in [-0.39, 0.29) is 5.88 Å². The van der Waals surface area contributed by atoms with E-state index in [1.165, 1.54) is 12.1 Å². The van der Waals surface area contributed by atoms with Gasteiger partial charge in [-0.25, -0.2) is 9.37 Å². The van der Waals surface area contributed by atoms with E-state index in [4.69, 9.17) is 10.5 Å². The normalized spacial score (nSPS) is 17.6. The monoisotopic (exact) mass is 289 g/mol. The van der Waals surface area contributed by atoms with Crippen molar-refractivity contribution in [2.75, 3.05) is 5.06 Å². The molecule has 1 unspecified atom stereocenters. The van der Waals surface area contributed by atoms with Crippen molar-refractivity contribution in [2.24, 2.45) is 5.73 Å². The summed E-state index contributed by atoms with van der Waals surface area (Å²) in [6, 6.07) is 6.65. The van der Waals surface area contributed by atoms with Crippen molar-refractivity contribution in [2.45, 2.75) is 12.5 Å². The van der Waals surface area contributed by atoms with E-state index in [2.05, 4.69) is 4.98 Å². The molecule has 1 aromatic carbocycles. The van der Waals surface area contributed by atoms with Crippen LogP contribution in [0.5, 0.6) is 11.6 Å². The molecule has 2 aromatic rings. The number of carbonyl (C=O) groups excluding carboxylic acids is 1. The van der Waals surface area contributed by atoms with Gasteiger partial charge >= 0.3 is 0 Å². The number of hydrogen-bond acceptors (Lipinski definition) is 5. The van der Waals surface area contributed by atoms with Crippen molar-refractivity contribution in [3.63, 3.8) is 0 Å². The van der Waals surface area contributed by atoms with Crippen molar-refractivity contribution < 1.29 is 19.1 Å². The molecule has 2 heterocycles. The summed E-state index contributed by atoms with van der Waals surface area (Å²) in [4.78, 5) is 15.4. The third kappa shape index (κ3) is 2.56. The number of pyridine rings is 1. The fraction of sp³-hybridized carbons (Fsp3) is 0.143. The molecule has 21 heavy (non-hydrogen) atoms. The summed E-state index contributed by atoms with van der Waals surface area (Å²) in [5.74, 6) is -0.291. The van der Waals surface area contributed by atoms with Gasteiger partial charge in [0.25, 0.3) is 5.91 Å². The number of hydrogen-bond donors (Lipinski definition) is 2. The number of amides is 1. The Balaban J connectivity index is 1.88. The molecule has 3 N–H and O–H groups in total. The first kappa shape index (κ1) is 13.5. The predicted molar refractivity (Wildman–Crippen MR) is 71.7 cm³/mol. The Labute approximate surface area is 119 Å². The van der Waals surface area contributed by atoms with Gasteiger partial charge in [-0.15, -0.1) is 0 Å². The van der Waals surface area contributed by atoms with Gasteiger partial charge in [0.15, 0.2) is 0 Å². The highest BCUT2D eigenvalue weighted by Crippen LogP contribution is 2.31. The van der Waals surface area contributed by atoms with Crippen LogP contribution >= 0.6 is 0 Å². The van der Waals surface area contributed by atoms with Crippen LogP contribution in [0.25, 0.3) is 0 Å². The van der Waals surface area contributed by atoms with E-state index in [0.29, 0.717) is 28.5 Å². The summed E-state index contributed by atoms with van der Waals surface area (Å²) in [5.41, 5.74) is 6.72. The number of anilines is 1. The standard InChI is InChI=1S/C14H12FN3O3/c15-9-1-4-13(17-7-9)21-10-2-3-12-8(5-10)6-11(16)14(19)18(12)20/h1-5,7,11,20H,6,16H2. The predicted octanol–water partition coefficient (Wildman–Crippen LogP) is 1.62. The Kier molecular flexibility index (Phi) is 3.28. The first-order chi connectivity index (χ1) is 10.0. The molecule has 0 saturated heterocycles. The van der Waals surface area contributed by atoms with Gasteiger partial charge in [-0.3, -0.25) is 10.0 Å². The molecular weight excluding hydrogens is 277 g/mol. The lowest BCUT2D eigenvalue weighted by Gasteiger charge is -2.27. The Hall–Kier alpha value is -2.51. The highest BCUT2D eigenvalue weighted by molar-refractivity contribution is 5.98. The summed E-state index contributed by atoms with van der Waals surface area (Å²) < 4.78 is 18.3. The molecule has 0 bridgehead atoms. The molecule has 1 aromatic heterocycles. The molecule has 1 aliphatic rings. The molecule has 1 aliphatic heterocycles. The van der Waals surface area contributed by atoms with E-state index in [0.717, 1.165) is 6.20 Å². The lowest BCUT2D eigenvalue weighted by molar-refractivity contribution is -0.125. The number of hydroxylamine groups is 1. The largest absolute Gasteiger partial charge is 0.439 e. The van der Waals surface area contributed by atoms with E-state index >= 15 is 0 Å². The number of rotatable bonds is 2. The van der Waals surface area contributed by atoms with Gasteiger partial charge in [0, 0.05) is 6.07 Å². The second-order valence-corrected chi connectivity index (χ2v) is 4.67. The van der Waals surface area contributed by atoms with Gasteiger partial charge in [0.1, 0.15) is 11.6 Å². The Morgan fingerprint density at radius 2 is 2.19 bits per heavy atom.